The summed E-state index contributed by atoms with van der Waals surface area (Å²) in [5.41, 5.74) is 0. The Morgan fingerprint density at radius 2 is 2.47 bits per heavy atom. The van der Waals surface area contributed by atoms with E-state index in [1.807, 2.05) is 17.9 Å². The van der Waals surface area contributed by atoms with Gasteiger partial charge in [0.2, 0.25) is 5.91 Å². The molecule has 0 aliphatic carbocycles. The van der Waals surface area contributed by atoms with E-state index in [0.717, 1.165) is 19.4 Å². The first kappa shape index (κ1) is 12.1. The maximum atomic E-state index is 12.2. The van der Waals surface area contributed by atoms with E-state index in [9.17, 15) is 4.79 Å². The number of hydrogen-bond donors (Lipinski definition) is 1. The number of aliphatic hydroxyl groups excluding tert-OH is 1. The van der Waals surface area contributed by atoms with Gasteiger partial charge >= 0.3 is 0 Å². The van der Waals surface area contributed by atoms with Crippen molar-refractivity contribution in [2.75, 3.05) is 19.7 Å². The van der Waals surface area contributed by atoms with Gasteiger partial charge in [0.25, 0.3) is 0 Å². The van der Waals surface area contributed by atoms with E-state index in [1.165, 1.54) is 0 Å². The zero-order valence-electron chi connectivity index (χ0n) is 10.1. The number of likely N-dealkylation sites (tertiary alicyclic amines) is 1. The lowest BCUT2D eigenvalue weighted by Gasteiger charge is -2.33. The fourth-order valence-electron chi connectivity index (χ4n) is 2.30. The molecule has 0 aromatic carbocycles. The Hall–Kier alpha value is -1.36. The van der Waals surface area contributed by atoms with Crippen LogP contribution in [0.15, 0.2) is 18.5 Å². The van der Waals surface area contributed by atoms with Gasteiger partial charge in [-0.3, -0.25) is 9.48 Å². The third-order valence-electron chi connectivity index (χ3n) is 3.37. The van der Waals surface area contributed by atoms with Crippen molar-refractivity contribution in [3.05, 3.63) is 18.5 Å². The molecule has 0 saturated carbocycles. The second-order valence-electron chi connectivity index (χ2n) is 4.64. The topological polar surface area (TPSA) is 58.4 Å². The Labute approximate surface area is 101 Å². The molecule has 94 valence electrons. The lowest BCUT2D eigenvalue weighted by atomic mass is 9.98. The Bertz CT molecular complexity index is 364. The Kier molecular flexibility index (Phi) is 3.78. The first-order valence-corrected chi connectivity index (χ1v) is 6.11. The van der Waals surface area contributed by atoms with Crippen LogP contribution in [0.3, 0.4) is 0 Å². The Balaban J connectivity index is 1.99. The summed E-state index contributed by atoms with van der Waals surface area (Å²) in [5.74, 6) is 0.323. The summed E-state index contributed by atoms with van der Waals surface area (Å²) in [4.78, 5) is 14.1. The summed E-state index contributed by atoms with van der Waals surface area (Å²) >= 11 is 0. The van der Waals surface area contributed by atoms with Crippen molar-refractivity contribution >= 4 is 5.91 Å². The van der Waals surface area contributed by atoms with E-state index < -0.39 is 0 Å². The molecule has 1 aromatic rings. The van der Waals surface area contributed by atoms with Crippen LogP contribution in [0.25, 0.3) is 0 Å². The van der Waals surface area contributed by atoms with Crippen LogP contribution in [-0.2, 0) is 4.79 Å². The highest BCUT2D eigenvalue weighted by atomic mass is 16.3. The summed E-state index contributed by atoms with van der Waals surface area (Å²) in [6, 6.07) is 1.55. The molecule has 5 heteroatoms. The summed E-state index contributed by atoms with van der Waals surface area (Å²) < 4.78 is 1.67. The molecule has 1 aliphatic heterocycles. The van der Waals surface area contributed by atoms with Gasteiger partial charge in [-0.15, -0.1) is 0 Å². The zero-order chi connectivity index (χ0) is 12.3. The molecule has 5 nitrogen and oxygen atoms in total. The molecule has 2 heterocycles. The summed E-state index contributed by atoms with van der Waals surface area (Å²) in [7, 11) is 0. The van der Waals surface area contributed by atoms with Crippen LogP contribution in [0, 0.1) is 5.92 Å². The highest BCUT2D eigenvalue weighted by Gasteiger charge is 2.27. The van der Waals surface area contributed by atoms with Gasteiger partial charge in [0.15, 0.2) is 0 Å². The lowest BCUT2D eigenvalue weighted by molar-refractivity contribution is -0.136. The van der Waals surface area contributed by atoms with Gasteiger partial charge in [-0.05, 0) is 31.7 Å². The van der Waals surface area contributed by atoms with Crippen molar-refractivity contribution in [3.8, 4) is 0 Å². The highest BCUT2D eigenvalue weighted by Crippen LogP contribution is 2.19. The fraction of sp³-hybridized carbons (Fsp3) is 0.667. The minimum atomic E-state index is -0.262. The molecule has 1 amide bonds. The van der Waals surface area contributed by atoms with Gasteiger partial charge in [0, 0.05) is 32.1 Å². The van der Waals surface area contributed by atoms with Gasteiger partial charge in [-0.25, -0.2) is 0 Å². The summed E-state index contributed by atoms with van der Waals surface area (Å²) in [6.07, 6.45) is 5.46. The average molecular weight is 237 g/mol. The third kappa shape index (κ3) is 2.66. The molecule has 0 bridgehead atoms. The molecule has 1 aliphatic rings. The number of rotatable bonds is 3. The number of nitrogens with zero attached hydrogens (tertiary/aromatic N) is 3. The monoisotopic (exact) mass is 237 g/mol. The van der Waals surface area contributed by atoms with Crippen LogP contribution in [0.2, 0.25) is 0 Å². The number of carbonyl (C=O) groups is 1. The third-order valence-corrected chi connectivity index (χ3v) is 3.37. The van der Waals surface area contributed by atoms with Crippen molar-refractivity contribution in [2.24, 2.45) is 5.92 Å². The molecule has 0 radical (unpaired) electrons. The summed E-state index contributed by atoms with van der Waals surface area (Å²) in [6.45, 7) is 3.49. The quantitative estimate of drug-likeness (QED) is 0.840. The molecule has 2 atom stereocenters. The number of hydrogen-bond acceptors (Lipinski definition) is 3. The van der Waals surface area contributed by atoms with Gasteiger partial charge in [0.05, 0.1) is 0 Å². The minimum absolute atomic E-state index is 0.0897. The first-order chi connectivity index (χ1) is 8.22. The molecule has 1 aromatic heterocycles. The standard InChI is InChI=1S/C12H19N3O2/c1-10(15-7-3-5-13-15)12(17)14-6-2-4-11(8-14)9-16/h3,5,7,10-11,16H,2,4,6,8-9H2,1H3/t10-,11-/m1/s1. The number of aromatic nitrogens is 2. The number of carbonyl (C=O) groups excluding carboxylic acids is 1. The predicted octanol–water partition coefficient (Wildman–Crippen LogP) is 0.675. The van der Waals surface area contributed by atoms with E-state index >= 15 is 0 Å². The fourth-order valence-corrected chi connectivity index (χ4v) is 2.30. The van der Waals surface area contributed by atoms with Crippen LogP contribution in [0.5, 0.6) is 0 Å². The minimum Gasteiger partial charge on any atom is -0.396 e. The van der Waals surface area contributed by atoms with Gasteiger partial charge in [-0.2, -0.15) is 5.10 Å². The largest absolute Gasteiger partial charge is 0.396 e. The average Bonchev–Trinajstić information content (AvgIpc) is 2.91. The molecule has 2 rings (SSSR count). The Morgan fingerprint density at radius 3 is 3.12 bits per heavy atom. The van der Waals surface area contributed by atoms with Crippen LogP contribution in [0.1, 0.15) is 25.8 Å². The van der Waals surface area contributed by atoms with E-state index in [0.29, 0.717) is 6.54 Å². The SMILES string of the molecule is C[C@H](C(=O)N1CCC[C@@H](CO)C1)n1cccn1. The lowest BCUT2D eigenvalue weighted by Crippen LogP contribution is -2.43. The molecule has 1 saturated heterocycles. The second-order valence-corrected chi connectivity index (χ2v) is 4.64. The first-order valence-electron chi connectivity index (χ1n) is 6.11. The maximum absolute atomic E-state index is 12.2. The second kappa shape index (κ2) is 5.31. The van der Waals surface area contributed by atoms with E-state index in [4.69, 9.17) is 5.11 Å². The maximum Gasteiger partial charge on any atom is 0.247 e. The number of aliphatic hydroxyl groups is 1. The van der Waals surface area contributed by atoms with E-state index in [2.05, 4.69) is 5.10 Å². The Morgan fingerprint density at radius 1 is 1.65 bits per heavy atom. The number of piperidine rings is 1. The van der Waals surface area contributed by atoms with Gasteiger partial charge in [0.1, 0.15) is 6.04 Å². The van der Waals surface area contributed by atoms with Crippen molar-refractivity contribution in [3.63, 3.8) is 0 Å². The van der Waals surface area contributed by atoms with E-state index in [-0.39, 0.29) is 24.5 Å². The molecule has 1 N–H and O–H groups in total. The number of amides is 1. The van der Waals surface area contributed by atoms with Crippen LogP contribution in [-0.4, -0.2) is 45.4 Å². The van der Waals surface area contributed by atoms with Crippen molar-refractivity contribution < 1.29 is 9.90 Å². The van der Waals surface area contributed by atoms with Gasteiger partial charge < -0.3 is 10.0 Å². The molecular weight excluding hydrogens is 218 g/mol. The van der Waals surface area contributed by atoms with Gasteiger partial charge in [-0.1, -0.05) is 0 Å². The predicted molar refractivity (Wildman–Crippen MR) is 63.3 cm³/mol. The normalized spacial score (nSPS) is 22.5. The van der Waals surface area contributed by atoms with Crippen LogP contribution >= 0.6 is 0 Å². The smallest absolute Gasteiger partial charge is 0.247 e. The molecule has 0 unspecified atom stereocenters. The molecule has 1 fully saturated rings. The molecular formula is C12H19N3O2. The van der Waals surface area contributed by atoms with Crippen molar-refractivity contribution in [2.45, 2.75) is 25.8 Å². The van der Waals surface area contributed by atoms with E-state index in [1.54, 1.807) is 17.1 Å². The summed E-state index contributed by atoms with van der Waals surface area (Å²) in [5, 5.41) is 13.2. The van der Waals surface area contributed by atoms with Crippen LogP contribution < -0.4 is 0 Å². The van der Waals surface area contributed by atoms with Crippen LogP contribution in [0.4, 0.5) is 0 Å². The van der Waals surface area contributed by atoms with Crippen molar-refractivity contribution in [1.29, 1.82) is 0 Å². The van der Waals surface area contributed by atoms with Crippen molar-refractivity contribution in [1.82, 2.24) is 14.7 Å². The zero-order valence-corrected chi connectivity index (χ0v) is 10.1. The molecule has 0 spiro atoms. The highest BCUT2D eigenvalue weighted by molar-refractivity contribution is 5.80. The molecule has 17 heavy (non-hydrogen) atoms.